The summed E-state index contributed by atoms with van der Waals surface area (Å²) < 4.78 is 41.5. The quantitative estimate of drug-likeness (QED) is 0.188. The molecule has 0 aliphatic rings. The van der Waals surface area contributed by atoms with Crippen molar-refractivity contribution >= 4 is 27.8 Å². The first-order chi connectivity index (χ1) is 13.8. The van der Waals surface area contributed by atoms with Crippen molar-refractivity contribution in [2.45, 2.75) is 90.2 Å². The molecule has 0 rings (SSSR count). The molecule has 2 N–H and O–H groups in total. The van der Waals surface area contributed by atoms with Crippen molar-refractivity contribution in [1.29, 1.82) is 0 Å². The second-order valence-electron chi connectivity index (χ2n) is 8.21. The topological polar surface area (TPSA) is 136 Å². The number of nitrogens with one attached hydrogen (secondary N) is 1. The molecule has 0 spiro atoms. The number of hydrogen-bond acceptors (Lipinski definition) is 7. The molecule has 0 saturated carbocycles. The van der Waals surface area contributed by atoms with Gasteiger partial charge in [-0.25, -0.2) is 0 Å². The van der Waals surface area contributed by atoms with Crippen molar-refractivity contribution in [2.75, 3.05) is 19.5 Å². The zero-order valence-corrected chi connectivity index (χ0v) is 19.8. The normalized spacial score (nSPS) is 12.5. The Balaban J connectivity index is 0. The van der Waals surface area contributed by atoms with Crippen LogP contribution >= 0.6 is 0 Å². The lowest BCUT2D eigenvalue weighted by molar-refractivity contribution is -0.150. The number of methoxy groups -OCH3 is 1. The van der Waals surface area contributed by atoms with E-state index in [9.17, 15) is 22.8 Å². The van der Waals surface area contributed by atoms with Crippen LogP contribution in [0.2, 0.25) is 0 Å². The largest absolute Gasteiger partial charge is 0.462 e. The van der Waals surface area contributed by atoms with Crippen molar-refractivity contribution in [1.82, 2.24) is 5.32 Å². The summed E-state index contributed by atoms with van der Waals surface area (Å²) in [5, 5.41) is 2.58. The van der Waals surface area contributed by atoms with Gasteiger partial charge < -0.3 is 19.6 Å². The molecule has 1 atom stereocenters. The Morgan fingerprint density at radius 1 is 1.00 bits per heavy atom. The van der Waals surface area contributed by atoms with E-state index in [1.54, 1.807) is 7.11 Å². The SMILES string of the molecule is COCCCCC(=O)OC(CCCC(C)=O)CCCC(=O)NC(C)(C)CS(=O)(=O)O.F. The maximum absolute atomic E-state index is 12.1. The van der Waals surface area contributed by atoms with Crippen LogP contribution in [0.3, 0.4) is 0 Å². The van der Waals surface area contributed by atoms with E-state index in [1.807, 2.05) is 0 Å². The molecule has 184 valence electrons. The van der Waals surface area contributed by atoms with Crippen LogP contribution in [0.5, 0.6) is 0 Å². The highest BCUT2D eigenvalue weighted by Crippen LogP contribution is 2.15. The summed E-state index contributed by atoms with van der Waals surface area (Å²) in [5.41, 5.74) is -1.10. The first kappa shape index (κ1) is 31.6. The van der Waals surface area contributed by atoms with Gasteiger partial charge in [-0.2, -0.15) is 8.42 Å². The van der Waals surface area contributed by atoms with Crippen molar-refractivity contribution in [3.63, 3.8) is 0 Å². The Kier molecular flexibility index (Phi) is 16.4. The number of rotatable bonds is 17. The van der Waals surface area contributed by atoms with E-state index in [-0.39, 0.29) is 41.3 Å². The highest BCUT2D eigenvalue weighted by atomic mass is 32.2. The molecule has 0 aliphatic carbocycles. The summed E-state index contributed by atoms with van der Waals surface area (Å²) in [6.45, 7) is 5.11. The smallest absolute Gasteiger partial charge is 0.306 e. The molecule has 0 aromatic carbocycles. The van der Waals surface area contributed by atoms with Gasteiger partial charge in [0.05, 0.1) is 11.3 Å². The molecule has 0 saturated heterocycles. The van der Waals surface area contributed by atoms with Gasteiger partial charge in [0.1, 0.15) is 11.9 Å². The zero-order chi connectivity index (χ0) is 23.2. The van der Waals surface area contributed by atoms with Gasteiger partial charge in [-0.05, 0) is 59.3 Å². The number of Topliss-reactive ketones (excluding diaryl/α,β-unsaturated/α-hetero) is 1. The van der Waals surface area contributed by atoms with Gasteiger partial charge in [0.2, 0.25) is 5.91 Å². The van der Waals surface area contributed by atoms with Crippen molar-refractivity contribution < 1.29 is 41.5 Å². The van der Waals surface area contributed by atoms with E-state index < -0.39 is 21.4 Å². The number of carbonyl (C=O) groups excluding carboxylic acids is 3. The van der Waals surface area contributed by atoms with Gasteiger partial charge >= 0.3 is 5.97 Å². The Labute approximate surface area is 184 Å². The number of carbonyl (C=O) groups is 3. The number of ether oxygens (including phenoxy) is 2. The number of halogens is 1. The van der Waals surface area contributed by atoms with E-state index in [0.29, 0.717) is 45.1 Å². The number of hydrogen-bond donors (Lipinski definition) is 2. The van der Waals surface area contributed by atoms with Gasteiger partial charge in [-0.3, -0.25) is 18.8 Å². The molecular weight excluding hydrogens is 433 g/mol. The lowest BCUT2D eigenvalue weighted by atomic mass is 10.0. The van der Waals surface area contributed by atoms with Gasteiger partial charge in [-0.15, -0.1) is 0 Å². The molecule has 0 aromatic rings. The average molecular weight is 472 g/mol. The van der Waals surface area contributed by atoms with Crippen molar-refractivity contribution in [3.05, 3.63) is 0 Å². The van der Waals surface area contributed by atoms with Crippen LogP contribution < -0.4 is 5.32 Å². The molecule has 0 bridgehead atoms. The average Bonchev–Trinajstić information content (AvgIpc) is 2.55. The zero-order valence-electron chi connectivity index (χ0n) is 19.0. The molecule has 0 fully saturated rings. The third-order valence-electron chi connectivity index (χ3n) is 4.28. The first-order valence-corrected chi connectivity index (χ1v) is 11.9. The summed E-state index contributed by atoms with van der Waals surface area (Å²) in [7, 11) is -2.61. The Morgan fingerprint density at radius 3 is 2.10 bits per heavy atom. The summed E-state index contributed by atoms with van der Waals surface area (Å²) >= 11 is 0. The highest BCUT2D eigenvalue weighted by Gasteiger charge is 2.26. The summed E-state index contributed by atoms with van der Waals surface area (Å²) in [6.07, 6.45) is 3.93. The summed E-state index contributed by atoms with van der Waals surface area (Å²) in [4.78, 5) is 35.3. The molecule has 0 aromatic heterocycles. The molecular formula is C20H38FNO8S. The molecule has 1 amide bonds. The monoisotopic (exact) mass is 471 g/mol. The Bertz CT molecular complexity index is 652. The Morgan fingerprint density at radius 2 is 1.58 bits per heavy atom. The fourth-order valence-corrected chi connectivity index (χ4v) is 4.01. The molecule has 9 nitrogen and oxygen atoms in total. The van der Waals surface area contributed by atoms with Gasteiger partial charge in [0, 0.05) is 33.0 Å². The predicted molar refractivity (Wildman–Crippen MR) is 115 cm³/mol. The molecule has 0 heterocycles. The van der Waals surface area contributed by atoms with Crippen LogP contribution in [0, 0.1) is 0 Å². The van der Waals surface area contributed by atoms with Crippen LogP contribution in [0.25, 0.3) is 0 Å². The van der Waals surface area contributed by atoms with Crippen molar-refractivity contribution in [3.8, 4) is 0 Å². The van der Waals surface area contributed by atoms with Gasteiger partial charge in [-0.1, -0.05) is 0 Å². The molecule has 11 heteroatoms. The van der Waals surface area contributed by atoms with Gasteiger partial charge in [0.15, 0.2) is 0 Å². The molecule has 31 heavy (non-hydrogen) atoms. The third-order valence-corrected chi connectivity index (χ3v) is 5.37. The minimum absolute atomic E-state index is 0. The van der Waals surface area contributed by atoms with Crippen LogP contribution in [-0.2, 0) is 34.0 Å². The molecule has 0 aliphatic heterocycles. The second kappa shape index (κ2) is 16.1. The summed E-state index contributed by atoms with van der Waals surface area (Å²) in [6, 6.07) is 0. The van der Waals surface area contributed by atoms with E-state index in [1.165, 1.54) is 20.8 Å². The highest BCUT2D eigenvalue weighted by molar-refractivity contribution is 7.85. The van der Waals surface area contributed by atoms with Gasteiger partial charge in [0.25, 0.3) is 10.1 Å². The fraction of sp³-hybridized carbons (Fsp3) is 0.850. The maximum Gasteiger partial charge on any atom is 0.306 e. The Hall–Kier alpha value is -1.59. The van der Waals surface area contributed by atoms with E-state index >= 15 is 0 Å². The van der Waals surface area contributed by atoms with Crippen LogP contribution in [-0.4, -0.2) is 61.7 Å². The molecule has 1 unspecified atom stereocenters. The van der Waals surface area contributed by atoms with Crippen LogP contribution in [0.15, 0.2) is 0 Å². The number of esters is 1. The van der Waals surface area contributed by atoms with E-state index in [0.717, 1.165) is 6.42 Å². The summed E-state index contributed by atoms with van der Waals surface area (Å²) in [5.74, 6) is -1.17. The molecule has 0 radical (unpaired) electrons. The van der Waals surface area contributed by atoms with Crippen LogP contribution in [0.1, 0.15) is 78.6 Å². The standard InChI is InChI=1S/C20H37NO8S.FH/c1-16(22)9-7-10-17(29-19(24)13-5-6-14-28-4)11-8-12-18(23)21-20(2,3)15-30(25,26)27;/h17H,5-15H2,1-4H3,(H,21,23)(H,25,26,27);1H. The van der Waals surface area contributed by atoms with Crippen LogP contribution in [0.4, 0.5) is 4.70 Å². The minimum Gasteiger partial charge on any atom is -0.462 e. The minimum atomic E-state index is -4.21. The number of amides is 1. The lowest BCUT2D eigenvalue weighted by Crippen LogP contribution is -2.48. The number of ketones is 1. The third kappa shape index (κ3) is 20.1. The van der Waals surface area contributed by atoms with E-state index in [4.69, 9.17) is 14.0 Å². The first-order valence-electron chi connectivity index (χ1n) is 10.3. The lowest BCUT2D eigenvalue weighted by Gasteiger charge is -2.25. The maximum atomic E-state index is 12.1. The fourth-order valence-electron chi connectivity index (χ4n) is 3.02. The van der Waals surface area contributed by atoms with E-state index in [2.05, 4.69) is 5.32 Å². The second-order valence-corrected chi connectivity index (χ2v) is 9.66. The predicted octanol–water partition coefficient (Wildman–Crippen LogP) is 2.58. The van der Waals surface area contributed by atoms with Crippen molar-refractivity contribution in [2.24, 2.45) is 0 Å². The number of unbranched alkanes of at least 4 members (excludes halogenated alkanes) is 1.